The van der Waals surface area contributed by atoms with Crippen LogP contribution in [0.4, 0.5) is 0 Å². The van der Waals surface area contributed by atoms with E-state index in [0.717, 1.165) is 66.2 Å². The van der Waals surface area contributed by atoms with Gasteiger partial charge in [-0.15, -0.1) is 12.1 Å². The van der Waals surface area contributed by atoms with Gasteiger partial charge in [0.1, 0.15) is 5.65 Å². The molecule has 0 saturated carbocycles. The Bertz CT molecular complexity index is 2610. The van der Waals surface area contributed by atoms with Crippen molar-refractivity contribution in [1.29, 1.82) is 0 Å². The van der Waals surface area contributed by atoms with Crippen molar-refractivity contribution < 1.29 is 25.8 Å². The van der Waals surface area contributed by atoms with Crippen molar-refractivity contribution in [3.63, 3.8) is 0 Å². The molecule has 45 heavy (non-hydrogen) atoms. The molecule has 0 aliphatic carbocycles. The molecule has 0 unspecified atom stereocenters. The summed E-state index contributed by atoms with van der Waals surface area (Å²) in [5.41, 5.74) is 10.0. The zero-order valence-corrected chi connectivity index (χ0v) is 26.8. The zero-order valence-electron chi connectivity index (χ0n) is 24.6. The van der Waals surface area contributed by atoms with E-state index in [9.17, 15) is 0 Å². The second-order valence-electron chi connectivity index (χ2n) is 11.3. The standard InChI is InChI=1S/C37H24N6O.Pt/c1-21-16-22(2)33(23(3)17-21)31-20-43-35-28(6-4-13-39-35)26-10-8-24(18-29(26)37(43)41-31)44-25-9-11-27-30(19-25)36-40-14-15-42(36)32-7-5-12-38-34(27)32;/h4-17,20H,1-3H3;/q-2;+2. The van der Waals surface area contributed by atoms with Crippen LogP contribution in [0.1, 0.15) is 16.7 Å². The van der Waals surface area contributed by atoms with Crippen molar-refractivity contribution >= 4 is 54.9 Å². The summed E-state index contributed by atoms with van der Waals surface area (Å²) < 4.78 is 10.5. The first kappa shape index (κ1) is 27.4. The van der Waals surface area contributed by atoms with E-state index in [-0.39, 0.29) is 21.1 Å². The molecule has 0 aliphatic heterocycles. The van der Waals surface area contributed by atoms with E-state index in [4.69, 9.17) is 14.7 Å². The Morgan fingerprint density at radius 1 is 0.667 bits per heavy atom. The maximum atomic E-state index is 6.41. The predicted octanol–water partition coefficient (Wildman–Crippen LogP) is 8.37. The van der Waals surface area contributed by atoms with Crippen LogP contribution in [-0.4, -0.2) is 28.7 Å². The van der Waals surface area contributed by atoms with E-state index in [1.165, 1.54) is 16.7 Å². The number of ether oxygens (including phenoxy) is 1. The smallest absolute Gasteiger partial charge is 0.497 e. The van der Waals surface area contributed by atoms with Gasteiger partial charge in [0.25, 0.3) is 0 Å². The fourth-order valence-corrected chi connectivity index (χ4v) is 6.66. The van der Waals surface area contributed by atoms with Crippen LogP contribution in [0.2, 0.25) is 0 Å². The number of imidazole rings is 2. The van der Waals surface area contributed by atoms with Gasteiger partial charge in [-0.05, 0) is 55.5 Å². The molecule has 0 aliphatic rings. The molecule has 7 nitrogen and oxygen atoms in total. The van der Waals surface area contributed by atoms with Crippen LogP contribution < -0.4 is 4.74 Å². The van der Waals surface area contributed by atoms with Crippen LogP contribution in [0.15, 0.2) is 91.6 Å². The van der Waals surface area contributed by atoms with Crippen LogP contribution in [0, 0.1) is 32.9 Å². The van der Waals surface area contributed by atoms with Crippen molar-refractivity contribution in [2.45, 2.75) is 20.8 Å². The molecule has 9 aromatic rings. The summed E-state index contributed by atoms with van der Waals surface area (Å²) in [7, 11) is 0. The number of benzene rings is 3. The normalized spacial score (nSPS) is 11.7. The minimum atomic E-state index is 0. The summed E-state index contributed by atoms with van der Waals surface area (Å²) in [4.78, 5) is 19.2. The fourth-order valence-electron chi connectivity index (χ4n) is 6.66. The maximum Gasteiger partial charge on any atom is 2.00 e. The topological polar surface area (TPSA) is 69.6 Å². The van der Waals surface area contributed by atoms with Crippen LogP contribution in [-0.2, 0) is 21.1 Å². The second-order valence-corrected chi connectivity index (χ2v) is 11.3. The molecular formula is C37H24N6OPt. The van der Waals surface area contributed by atoms with Gasteiger partial charge in [0.15, 0.2) is 0 Å². The number of nitrogens with zero attached hydrogens (tertiary/aromatic N) is 6. The largest absolute Gasteiger partial charge is 2.00 e. The Morgan fingerprint density at radius 2 is 1.36 bits per heavy atom. The minimum absolute atomic E-state index is 0. The van der Waals surface area contributed by atoms with E-state index in [2.05, 4.69) is 77.7 Å². The molecular weight excluding hydrogens is 740 g/mol. The van der Waals surface area contributed by atoms with E-state index >= 15 is 0 Å². The van der Waals surface area contributed by atoms with Gasteiger partial charge in [-0.25, -0.2) is 4.98 Å². The summed E-state index contributed by atoms with van der Waals surface area (Å²) in [5, 5.41) is 4.73. The first-order valence-corrected chi connectivity index (χ1v) is 14.5. The van der Waals surface area contributed by atoms with Crippen LogP contribution in [0.25, 0.3) is 66.2 Å². The van der Waals surface area contributed by atoms with Gasteiger partial charge >= 0.3 is 21.1 Å². The van der Waals surface area contributed by atoms with Gasteiger partial charge in [0.2, 0.25) is 0 Å². The van der Waals surface area contributed by atoms with Gasteiger partial charge in [0.05, 0.1) is 28.0 Å². The van der Waals surface area contributed by atoms with Crippen molar-refractivity contribution in [1.82, 2.24) is 28.7 Å². The predicted molar refractivity (Wildman–Crippen MR) is 173 cm³/mol. The van der Waals surface area contributed by atoms with Crippen molar-refractivity contribution in [2.75, 3.05) is 0 Å². The Kier molecular flexibility index (Phi) is 6.22. The second kappa shape index (κ2) is 10.2. The number of aryl methyl sites for hydroxylation is 3. The van der Waals surface area contributed by atoms with E-state index in [0.29, 0.717) is 11.5 Å². The molecule has 9 rings (SSSR count). The zero-order chi connectivity index (χ0) is 29.5. The van der Waals surface area contributed by atoms with E-state index in [1.807, 2.05) is 53.2 Å². The first-order valence-electron chi connectivity index (χ1n) is 14.5. The summed E-state index contributed by atoms with van der Waals surface area (Å²) in [6.45, 7) is 6.41. The molecule has 0 bridgehead atoms. The Hall–Kier alpha value is -5.13. The van der Waals surface area contributed by atoms with E-state index < -0.39 is 0 Å². The van der Waals surface area contributed by atoms with Crippen molar-refractivity contribution in [3.8, 4) is 22.8 Å². The Balaban J connectivity index is 0.00000300. The fraction of sp³-hybridized carbons (Fsp3) is 0.0811. The average Bonchev–Trinajstić information content (AvgIpc) is 3.70. The average molecular weight is 764 g/mol. The maximum absolute atomic E-state index is 6.41. The molecule has 0 radical (unpaired) electrons. The van der Waals surface area contributed by atoms with Gasteiger partial charge < -0.3 is 13.5 Å². The third-order valence-electron chi connectivity index (χ3n) is 8.39. The minimum Gasteiger partial charge on any atom is -0.497 e. The molecule has 0 spiro atoms. The third-order valence-corrected chi connectivity index (χ3v) is 8.39. The first-order chi connectivity index (χ1) is 21.5. The summed E-state index contributed by atoms with van der Waals surface area (Å²) >= 11 is 0. The number of rotatable bonds is 3. The van der Waals surface area contributed by atoms with E-state index in [1.54, 1.807) is 12.4 Å². The van der Waals surface area contributed by atoms with Gasteiger partial charge in [0, 0.05) is 48.0 Å². The van der Waals surface area contributed by atoms with Crippen LogP contribution in [0.3, 0.4) is 0 Å². The molecule has 3 aromatic carbocycles. The Morgan fingerprint density at radius 3 is 2.16 bits per heavy atom. The summed E-state index contributed by atoms with van der Waals surface area (Å²) in [6, 6.07) is 27.4. The number of fused-ring (bicyclic) bond motifs is 12. The summed E-state index contributed by atoms with van der Waals surface area (Å²) in [6.07, 6.45) is 9.45. The number of aromatic nitrogens is 6. The SMILES string of the molecule is Cc1cc(C)c(-c2cn3c(n2)c2[c-]c(Oc4[c-]c5c(cc4)c4ncccc4n4ccnc54)ccc2c2cccnc23)c(C)c1.[Pt+2]. The summed E-state index contributed by atoms with van der Waals surface area (Å²) in [5.74, 6) is 1.14. The molecule has 6 heterocycles. The molecule has 8 heteroatoms. The van der Waals surface area contributed by atoms with Crippen molar-refractivity contribution in [2.24, 2.45) is 0 Å². The number of hydrogen-bond acceptors (Lipinski definition) is 5. The molecule has 0 N–H and O–H groups in total. The number of pyridine rings is 4. The monoisotopic (exact) mass is 763 g/mol. The van der Waals surface area contributed by atoms with Crippen LogP contribution >= 0.6 is 0 Å². The quantitative estimate of drug-likeness (QED) is 0.134. The van der Waals surface area contributed by atoms with Crippen molar-refractivity contribution in [3.05, 3.63) is 120 Å². The molecule has 0 fully saturated rings. The van der Waals surface area contributed by atoms with Gasteiger partial charge in [-0.1, -0.05) is 69.6 Å². The molecule has 0 atom stereocenters. The van der Waals surface area contributed by atoms with Crippen LogP contribution in [0.5, 0.6) is 11.5 Å². The van der Waals surface area contributed by atoms with Gasteiger partial charge in [-0.3, -0.25) is 15.0 Å². The molecule has 6 aromatic heterocycles. The third kappa shape index (κ3) is 4.15. The Labute approximate surface area is 272 Å². The molecule has 0 amide bonds. The number of hydrogen-bond donors (Lipinski definition) is 0. The van der Waals surface area contributed by atoms with Gasteiger partial charge in [-0.2, -0.15) is 0 Å². The molecule has 218 valence electrons. The molecule has 0 saturated heterocycles.